The van der Waals surface area contributed by atoms with E-state index in [4.69, 9.17) is 10.5 Å². The fraction of sp³-hybridized carbons (Fsp3) is 0.917. The van der Waals surface area contributed by atoms with Crippen LogP contribution < -0.4 is 5.73 Å². The van der Waals surface area contributed by atoms with Crippen molar-refractivity contribution in [3.8, 4) is 0 Å². The minimum atomic E-state index is -0.383. The smallest absolute Gasteiger partial charge is 0.314 e. The third-order valence-electron chi connectivity index (χ3n) is 4.53. The van der Waals surface area contributed by atoms with Crippen LogP contribution in [0.3, 0.4) is 0 Å². The van der Waals surface area contributed by atoms with Gasteiger partial charge in [-0.2, -0.15) is 0 Å². The third kappa shape index (κ3) is 0.975. The van der Waals surface area contributed by atoms with E-state index in [2.05, 4.69) is 0 Å². The van der Waals surface area contributed by atoms with Crippen molar-refractivity contribution in [1.82, 2.24) is 0 Å². The van der Waals surface area contributed by atoms with Crippen molar-refractivity contribution in [2.75, 3.05) is 0 Å². The molecule has 0 spiro atoms. The second kappa shape index (κ2) is 2.40. The van der Waals surface area contributed by atoms with E-state index >= 15 is 0 Å². The first kappa shape index (κ1) is 9.64. The average Bonchev–Trinajstić information content (AvgIpc) is 2.46. The highest BCUT2D eigenvalue weighted by Crippen LogP contribution is 2.78. The summed E-state index contributed by atoms with van der Waals surface area (Å²) in [6.45, 7) is 5.76. The van der Waals surface area contributed by atoms with Crippen LogP contribution in [0.15, 0.2) is 0 Å². The minimum absolute atomic E-state index is 0.0301. The maximum atomic E-state index is 12.2. The number of carbonyl (C=O) groups is 1. The topological polar surface area (TPSA) is 52.3 Å². The summed E-state index contributed by atoms with van der Waals surface area (Å²) in [6.07, 6.45) is 2.32. The fourth-order valence-electron chi connectivity index (χ4n) is 4.01. The molecule has 0 heterocycles. The molecule has 0 aromatic rings. The van der Waals surface area contributed by atoms with Gasteiger partial charge < -0.3 is 10.5 Å². The number of hydrogen-bond acceptors (Lipinski definition) is 3. The standard InChI is InChI=1S/C12H19NO2/c1-11(2,3)15-10(14)12-7-4-6(9(12)13)5-8(7)12/h6-9H,4-5,13H2,1-3H3. The first-order chi connectivity index (χ1) is 6.87. The average molecular weight is 209 g/mol. The molecule has 4 bridgehead atoms. The summed E-state index contributed by atoms with van der Waals surface area (Å²) in [6, 6.07) is 0.0716. The highest BCUT2D eigenvalue weighted by molar-refractivity contribution is 5.85. The van der Waals surface area contributed by atoms with Gasteiger partial charge in [-0.15, -0.1) is 0 Å². The number of ether oxygens (including phenoxy) is 1. The number of hydrogen-bond donors (Lipinski definition) is 1. The zero-order valence-corrected chi connectivity index (χ0v) is 9.62. The molecule has 4 aliphatic rings. The Labute approximate surface area is 90.4 Å². The lowest BCUT2D eigenvalue weighted by Gasteiger charge is -2.25. The number of carbonyl (C=O) groups excluding carboxylic acids is 1. The van der Waals surface area contributed by atoms with Crippen molar-refractivity contribution < 1.29 is 9.53 Å². The molecule has 3 atom stereocenters. The Morgan fingerprint density at radius 2 is 1.87 bits per heavy atom. The van der Waals surface area contributed by atoms with E-state index in [1.54, 1.807) is 0 Å². The van der Waals surface area contributed by atoms with Crippen LogP contribution in [0.1, 0.15) is 33.6 Å². The van der Waals surface area contributed by atoms with Crippen LogP contribution >= 0.6 is 0 Å². The van der Waals surface area contributed by atoms with Crippen LogP contribution in [0.2, 0.25) is 0 Å². The summed E-state index contributed by atoms with van der Waals surface area (Å²) in [5.41, 5.74) is 5.51. The Hall–Kier alpha value is -0.570. The van der Waals surface area contributed by atoms with Crippen molar-refractivity contribution in [2.45, 2.75) is 45.3 Å². The van der Waals surface area contributed by atoms with Crippen molar-refractivity contribution >= 4 is 5.97 Å². The molecule has 0 radical (unpaired) electrons. The second-order valence-corrected chi connectivity index (χ2v) is 6.41. The molecule has 4 aliphatic carbocycles. The van der Waals surface area contributed by atoms with Crippen molar-refractivity contribution in [3.63, 3.8) is 0 Å². The van der Waals surface area contributed by atoms with E-state index in [-0.39, 0.29) is 23.0 Å². The SMILES string of the molecule is CC(C)(C)OC(=O)C12C(N)C3CC1C2C3. The Bertz CT molecular complexity index is 319. The quantitative estimate of drug-likeness (QED) is 0.662. The summed E-state index contributed by atoms with van der Waals surface area (Å²) in [5.74, 6) is 1.66. The molecule has 4 fully saturated rings. The molecule has 0 amide bonds. The van der Waals surface area contributed by atoms with E-state index in [0.29, 0.717) is 17.8 Å². The molecule has 84 valence electrons. The lowest BCUT2D eigenvalue weighted by atomic mass is 9.98. The molecule has 2 N–H and O–H groups in total. The second-order valence-electron chi connectivity index (χ2n) is 6.41. The van der Waals surface area contributed by atoms with Crippen molar-refractivity contribution in [3.05, 3.63) is 0 Å². The van der Waals surface area contributed by atoms with E-state index in [0.717, 1.165) is 12.8 Å². The molecule has 3 heteroatoms. The Balaban J connectivity index is 1.82. The normalized spacial score (nSPS) is 50.7. The Morgan fingerprint density at radius 3 is 2.20 bits per heavy atom. The van der Waals surface area contributed by atoms with Crippen LogP contribution in [0.5, 0.6) is 0 Å². The maximum absolute atomic E-state index is 12.2. The van der Waals surface area contributed by atoms with E-state index < -0.39 is 0 Å². The first-order valence-corrected chi connectivity index (χ1v) is 5.86. The fourth-order valence-corrected chi connectivity index (χ4v) is 4.01. The summed E-state index contributed by atoms with van der Waals surface area (Å²) >= 11 is 0. The first-order valence-electron chi connectivity index (χ1n) is 5.86. The number of esters is 1. The zero-order valence-electron chi connectivity index (χ0n) is 9.62. The largest absolute Gasteiger partial charge is 0.459 e. The van der Waals surface area contributed by atoms with Crippen LogP contribution in [0.25, 0.3) is 0 Å². The Kier molecular flexibility index (Phi) is 1.54. The lowest BCUT2D eigenvalue weighted by molar-refractivity contribution is -0.162. The van der Waals surface area contributed by atoms with Crippen LogP contribution in [-0.4, -0.2) is 17.6 Å². The van der Waals surface area contributed by atoms with Gasteiger partial charge in [-0.3, -0.25) is 4.79 Å². The summed E-state index contributed by atoms with van der Waals surface area (Å²) < 4.78 is 5.51. The van der Waals surface area contributed by atoms with Gasteiger partial charge in [0.25, 0.3) is 0 Å². The van der Waals surface area contributed by atoms with Crippen LogP contribution in [0.4, 0.5) is 0 Å². The molecule has 0 aliphatic heterocycles. The van der Waals surface area contributed by atoms with Crippen LogP contribution in [0, 0.1) is 23.2 Å². The van der Waals surface area contributed by atoms with E-state index in [1.165, 1.54) is 0 Å². The van der Waals surface area contributed by atoms with Gasteiger partial charge in [-0.1, -0.05) is 0 Å². The maximum Gasteiger partial charge on any atom is 0.314 e. The van der Waals surface area contributed by atoms with Gasteiger partial charge in [0.2, 0.25) is 0 Å². The predicted molar refractivity (Wildman–Crippen MR) is 56.0 cm³/mol. The molecule has 4 saturated carbocycles. The zero-order chi connectivity index (χ0) is 11.0. The monoisotopic (exact) mass is 209 g/mol. The van der Waals surface area contributed by atoms with Gasteiger partial charge >= 0.3 is 5.97 Å². The molecular weight excluding hydrogens is 190 g/mol. The summed E-state index contributed by atoms with van der Waals surface area (Å²) in [5, 5.41) is 0. The molecule has 3 unspecified atom stereocenters. The highest BCUT2D eigenvalue weighted by Gasteiger charge is 2.83. The van der Waals surface area contributed by atoms with Gasteiger partial charge in [0.05, 0.1) is 5.41 Å². The number of nitrogens with two attached hydrogens (primary N) is 1. The molecule has 0 saturated heterocycles. The molecular formula is C12H19NO2. The molecule has 15 heavy (non-hydrogen) atoms. The van der Waals surface area contributed by atoms with Gasteiger partial charge in [-0.25, -0.2) is 0 Å². The Morgan fingerprint density at radius 1 is 1.33 bits per heavy atom. The van der Waals surface area contributed by atoms with Crippen LogP contribution in [-0.2, 0) is 9.53 Å². The van der Waals surface area contributed by atoms with Gasteiger partial charge in [0, 0.05) is 6.04 Å². The van der Waals surface area contributed by atoms with Gasteiger partial charge in [-0.05, 0) is 51.4 Å². The molecule has 0 aromatic carbocycles. The predicted octanol–water partition coefficient (Wildman–Crippen LogP) is 1.31. The minimum Gasteiger partial charge on any atom is -0.459 e. The van der Waals surface area contributed by atoms with Crippen molar-refractivity contribution in [1.29, 1.82) is 0 Å². The van der Waals surface area contributed by atoms with E-state index in [9.17, 15) is 4.79 Å². The molecule has 4 rings (SSSR count). The number of rotatable bonds is 1. The lowest BCUT2D eigenvalue weighted by Crippen LogP contribution is -2.40. The molecule has 3 nitrogen and oxygen atoms in total. The summed E-state index contributed by atoms with van der Waals surface area (Å²) in [4.78, 5) is 12.2. The highest BCUT2D eigenvalue weighted by atomic mass is 16.6. The summed E-state index contributed by atoms with van der Waals surface area (Å²) in [7, 11) is 0. The van der Waals surface area contributed by atoms with Crippen molar-refractivity contribution in [2.24, 2.45) is 28.9 Å². The van der Waals surface area contributed by atoms with E-state index in [1.807, 2.05) is 20.8 Å². The van der Waals surface area contributed by atoms with Gasteiger partial charge in [0.15, 0.2) is 0 Å². The molecule has 0 aromatic heterocycles. The third-order valence-corrected chi connectivity index (χ3v) is 4.53. The van der Waals surface area contributed by atoms with Gasteiger partial charge in [0.1, 0.15) is 5.60 Å².